The molecule has 0 bridgehead atoms. The maximum Gasteiger partial charge on any atom is 0.223 e. The number of aryl methyl sites for hydroxylation is 1. The Morgan fingerprint density at radius 1 is 1.17 bits per heavy atom. The Balaban J connectivity index is 2.33. The van der Waals surface area contributed by atoms with Crippen molar-refractivity contribution in [2.75, 3.05) is 18.1 Å². The highest BCUT2D eigenvalue weighted by Crippen LogP contribution is 2.23. The lowest BCUT2D eigenvalue weighted by Gasteiger charge is -2.06. The lowest BCUT2D eigenvalue weighted by Crippen LogP contribution is -1.99. The maximum atomic E-state index is 4.47. The predicted molar refractivity (Wildman–Crippen MR) is 78.1 cm³/mol. The standard InChI is InChI=1S/C14H17N3S/c1-4-18-12-7-5-11(6-8-12)13-9-10(2)16-14(15-3)17-13/h5-9H,4H2,1-3H3,(H,15,16,17). The molecule has 18 heavy (non-hydrogen) atoms. The molecule has 0 spiro atoms. The molecule has 0 aliphatic rings. The van der Waals surface area contributed by atoms with Crippen LogP contribution < -0.4 is 5.32 Å². The number of nitrogens with one attached hydrogen (secondary N) is 1. The molecular weight excluding hydrogens is 242 g/mol. The van der Waals surface area contributed by atoms with Crippen molar-refractivity contribution in [1.29, 1.82) is 0 Å². The molecule has 4 heteroatoms. The van der Waals surface area contributed by atoms with Crippen molar-refractivity contribution in [2.45, 2.75) is 18.7 Å². The molecule has 0 aliphatic heterocycles. The minimum absolute atomic E-state index is 0.664. The van der Waals surface area contributed by atoms with Crippen molar-refractivity contribution >= 4 is 17.7 Å². The van der Waals surface area contributed by atoms with E-state index >= 15 is 0 Å². The predicted octanol–water partition coefficient (Wildman–Crippen LogP) is 3.61. The number of thioether (sulfide) groups is 1. The summed E-state index contributed by atoms with van der Waals surface area (Å²) in [6, 6.07) is 10.5. The summed E-state index contributed by atoms with van der Waals surface area (Å²) in [4.78, 5) is 10.1. The number of rotatable bonds is 4. The quantitative estimate of drug-likeness (QED) is 0.851. The van der Waals surface area contributed by atoms with E-state index in [0.29, 0.717) is 5.95 Å². The number of nitrogens with zero attached hydrogens (tertiary/aromatic N) is 2. The Morgan fingerprint density at radius 2 is 1.89 bits per heavy atom. The van der Waals surface area contributed by atoms with Gasteiger partial charge in [0.1, 0.15) is 0 Å². The SMILES string of the molecule is CCSc1ccc(-c2cc(C)nc(NC)n2)cc1. The summed E-state index contributed by atoms with van der Waals surface area (Å²) < 4.78 is 0. The summed E-state index contributed by atoms with van der Waals surface area (Å²) in [5.41, 5.74) is 3.05. The van der Waals surface area contributed by atoms with E-state index in [2.05, 4.69) is 46.5 Å². The first-order chi connectivity index (χ1) is 8.72. The molecule has 2 rings (SSSR count). The van der Waals surface area contributed by atoms with Gasteiger partial charge in [-0.15, -0.1) is 11.8 Å². The molecule has 1 N–H and O–H groups in total. The van der Waals surface area contributed by atoms with E-state index in [1.54, 1.807) is 0 Å². The molecular formula is C14H17N3S. The van der Waals surface area contributed by atoms with E-state index in [1.807, 2.05) is 31.8 Å². The highest BCUT2D eigenvalue weighted by atomic mass is 32.2. The number of aromatic nitrogens is 2. The molecule has 0 saturated carbocycles. The maximum absolute atomic E-state index is 4.47. The fraction of sp³-hybridized carbons (Fsp3) is 0.286. The first kappa shape index (κ1) is 12.9. The van der Waals surface area contributed by atoms with Crippen LogP contribution in [-0.2, 0) is 0 Å². The van der Waals surface area contributed by atoms with Gasteiger partial charge in [-0.05, 0) is 30.9 Å². The van der Waals surface area contributed by atoms with Crippen molar-refractivity contribution in [1.82, 2.24) is 9.97 Å². The van der Waals surface area contributed by atoms with Gasteiger partial charge in [0.15, 0.2) is 0 Å². The molecule has 1 aromatic carbocycles. The molecule has 0 atom stereocenters. The molecule has 0 unspecified atom stereocenters. The highest BCUT2D eigenvalue weighted by molar-refractivity contribution is 7.99. The average Bonchev–Trinajstić information content (AvgIpc) is 2.39. The number of hydrogen-bond donors (Lipinski definition) is 1. The van der Waals surface area contributed by atoms with Crippen LogP contribution in [-0.4, -0.2) is 22.8 Å². The van der Waals surface area contributed by atoms with Crippen molar-refractivity contribution in [3.05, 3.63) is 36.0 Å². The van der Waals surface area contributed by atoms with E-state index < -0.39 is 0 Å². The van der Waals surface area contributed by atoms with Crippen LogP contribution in [0.15, 0.2) is 35.2 Å². The highest BCUT2D eigenvalue weighted by Gasteiger charge is 2.03. The minimum atomic E-state index is 0.664. The number of anilines is 1. The zero-order valence-electron chi connectivity index (χ0n) is 10.9. The third-order valence-electron chi connectivity index (χ3n) is 2.54. The van der Waals surface area contributed by atoms with Crippen LogP contribution in [0.5, 0.6) is 0 Å². The van der Waals surface area contributed by atoms with Crippen LogP contribution in [0.3, 0.4) is 0 Å². The summed E-state index contributed by atoms with van der Waals surface area (Å²) in [5, 5.41) is 2.98. The summed E-state index contributed by atoms with van der Waals surface area (Å²) in [5.74, 6) is 1.76. The van der Waals surface area contributed by atoms with E-state index in [9.17, 15) is 0 Å². The van der Waals surface area contributed by atoms with Gasteiger partial charge < -0.3 is 5.32 Å². The second-order valence-corrected chi connectivity index (χ2v) is 5.26. The zero-order valence-corrected chi connectivity index (χ0v) is 11.7. The molecule has 3 nitrogen and oxygen atoms in total. The molecule has 0 saturated heterocycles. The largest absolute Gasteiger partial charge is 0.357 e. The Bertz CT molecular complexity index is 523. The topological polar surface area (TPSA) is 37.8 Å². The van der Waals surface area contributed by atoms with Crippen LogP contribution in [0.1, 0.15) is 12.6 Å². The van der Waals surface area contributed by atoms with E-state index in [0.717, 1.165) is 22.7 Å². The fourth-order valence-electron chi connectivity index (χ4n) is 1.72. The monoisotopic (exact) mass is 259 g/mol. The van der Waals surface area contributed by atoms with Crippen LogP contribution in [0, 0.1) is 6.92 Å². The van der Waals surface area contributed by atoms with E-state index in [-0.39, 0.29) is 0 Å². The number of hydrogen-bond acceptors (Lipinski definition) is 4. The van der Waals surface area contributed by atoms with Gasteiger partial charge in [0.2, 0.25) is 5.95 Å². The molecule has 0 amide bonds. The summed E-state index contributed by atoms with van der Waals surface area (Å²) >= 11 is 1.84. The van der Waals surface area contributed by atoms with Gasteiger partial charge in [-0.3, -0.25) is 0 Å². The van der Waals surface area contributed by atoms with Gasteiger partial charge in [0, 0.05) is 23.2 Å². The van der Waals surface area contributed by atoms with Gasteiger partial charge in [0.25, 0.3) is 0 Å². The van der Waals surface area contributed by atoms with Crippen LogP contribution in [0.25, 0.3) is 11.3 Å². The van der Waals surface area contributed by atoms with E-state index in [1.165, 1.54) is 4.90 Å². The Hall–Kier alpha value is -1.55. The molecule has 0 fully saturated rings. The second-order valence-electron chi connectivity index (χ2n) is 3.93. The average molecular weight is 259 g/mol. The normalized spacial score (nSPS) is 10.4. The second kappa shape index (κ2) is 5.87. The van der Waals surface area contributed by atoms with Crippen molar-refractivity contribution in [3.8, 4) is 11.3 Å². The van der Waals surface area contributed by atoms with Crippen LogP contribution in [0.4, 0.5) is 5.95 Å². The molecule has 0 aliphatic carbocycles. The number of benzene rings is 1. The molecule has 94 valence electrons. The van der Waals surface area contributed by atoms with Crippen molar-refractivity contribution in [3.63, 3.8) is 0 Å². The third-order valence-corrected chi connectivity index (χ3v) is 3.43. The first-order valence-electron chi connectivity index (χ1n) is 5.99. The Labute approximate surface area is 112 Å². The zero-order chi connectivity index (χ0) is 13.0. The molecule has 2 aromatic rings. The van der Waals surface area contributed by atoms with Crippen LogP contribution >= 0.6 is 11.8 Å². The first-order valence-corrected chi connectivity index (χ1v) is 6.98. The molecule has 1 aromatic heterocycles. The third kappa shape index (κ3) is 3.01. The van der Waals surface area contributed by atoms with Crippen LogP contribution in [0.2, 0.25) is 0 Å². The minimum Gasteiger partial charge on any atom is -0.357 e. The summed E-state index contributed by atoms with van der Waals surface area (Å²) in [6.07, 6.45) is 0. The smallest absolute Gasteiger partial charge is 0.223 e. The summed E-state index contributed by atoms with van der Waals surface area (Å²) in [6.45, 7) is 4.14. The van der Waals surface area contributed by atoms with Crippen molar-refractivity contribution in [2.24, 2.45) is 0 Å². The lowest BCUT2D eigenvalue weighted by molar-refractivity contribution is 1.10. The fourth-order valence-corrected chi connectivity index (χ4v) is 2.38. The van der Waals surface area contributed by atoms with Gasteiger partial charge in [-0.1, -0.05) is 19.1 Å². The van der Waals surface area contributed by atoms with Gasteiger partial charge in [-0.25, -0.2) is 9.97 Å². The van der Waals surface area contributed by atoms with Crippen molar-refractivity contribution < 1.29 is 0 Å². The van der Waals surface area contributed by atoms with Gasteiger partial charge in [-0.2, -0.15) is 0 Å². The summed E-state index contributed by atoms with van der Waals surface area (Å²) in [7, 11) is 1.83. The lowest BCUT2D eigenvalue weighted by atomic mass is 10.1. The Kier molecular flexibility index (Phi) is 4.20. The molecule has 0 radical (unpaired) electrons. The van der Waals surface area contributed by atoms with E-state index in [4.69, 9.17) is 0 Å². The Morgan fingerprint density at radius 3 is 2.50 bits per heavy atom. The van der Waals surface area contributed by atoms with Gasteiger partial charge >= 0.3 is 0 Å². The molecule has 1 heterocycles. The van der Waals surface area contributed by atoms with Gasteiger partial charge in [0.05, 0.1) is 5.69 Å².